The number of halogens is 1. The SMILES string of the molecule is O=C(CCc1nc(-c2ccccc2)no1)Nc1ccc(S(=O)(=O)Nc2cccc(Cl)c2)cc1. The maximum absolute atomic E-state index is 12.5. The van der Waals surface area contributed by atoms with Crippen LogP contribution in [0.3, 0.4) is 0 Å². The Morgan fingerprint density at radius 3 is 2.42 bits per heavy atom. The number of carbonyl (C=O) groups is 1. The first-order chi connectivity index (χ1) is 15.9. The van der Waals surface area contributed by atoms with Gasteiger partial charge in [-0.1, -0.05) is 53.2 Å². The van der Waals surface area contributed by atoms with Crippen LogP contribution in [0.4, 0.5) is 11.4 Å². The monoisotopic (exact) mass is 482 g/mol. The molecule has 4 rings (SSSR count). The summed E-state index contributed by atoms with van der Waals surface area (Å²) in [5, 5.41) is 7.07. The molecule has 168 valence electrons. The lowest BCUT2D eigenvalue weighted by Gasteiger charge is -2.09. The minimum atomic E-state index is -3.79. The molecule has 0 aliphatic heterocycles. The molecule has 0 saturated carbocycles. The van der Waals surface area contributed by atoms with E-state index in [0.29, 0.717) is 28.1 Å². The summed E-state index contributed by atoms with van der Waals surface area (Å²) in [7, 11) is -3.79. The highest BCUT2D eigenvalue weighted by molar-refractivity contribution is 7.92. The van der Waals surface area contributed by atoms with Crippen molar-refractivity contribution in [3.63, 3.8) is 0 Å². The van der Waals surface area contributed by atoms with Crippen LogP contribution in [0.1, 0.15) is 12.3 Å². The summed E-state index contributed by atoms with van der Waals surface area (Å²) in [6.45, 7) is 0. The van der Waals surface area contributed by atoms with Crippen molar-refractivity contribution in [3.8, 4) is 11.4 Å². The van der Waals surface area contributed by atoms with Crippen molar-refractivity contribution in [1.29, 1.82) is 0 Å². The molecule has 0 fully saturated rings. The molecule has 3 aromatic carbocycles. The summed E-state index contributed by atoms with van der Waals surface area (Å²) in [4.78, 5) is 16.6. The first kappa shape index (κ1) is 22.5. The Balaban J connectivity index is 1.32. The summed E-state index contributed by atoms with van der Waals surface area (Å²) in [5.74, 6) is 0.564. The molecule has 0 aliphatic rings. The lowest BCUT2D eigenvalue weighted by atomic mass is 10.2. The standard InChI is InChI=1S/C23H19ClN4O4S/c24-17-7-4-8-19(15-17)28-33(30,31)20-11-9-18(10-12-20)25-21(29)13-14-22-26-23(27-32-22)16-5-2-1-3-6-16/h1-12,15,28H,13-14H2,(H,25,29). The van der Waals surface area contributed by atoms with Crippen LogP contribution in [0.25, 0.3) is 11.4 Å². The van der Waals surface area contributed by atoms with Gasteiger partial charge in [0.05, 0.1) is 10.6 Å². The van der Waals surface area contributed by atoms with E-state index < -0.39 is 10.0 Å². The molecular formula is C23H19ClN4O4S. The van der Waals surface area contributed by atoms with Crippen LogP contribution < -0.4 is 10.0 Å². The molecule has 0 atom stereocenters. The second kappa shape index (κ2) is 9.85. The zero-order chi connectivity index (χ0) is 23.3. The zero-order valence-corrected chi connectivity index (χ0v) is 18.8. The molecule has 1 amide bonds. The van der Waals surface area contributed by atoms with Crippen molar-refractivity contribution in [2.45, 2.75) is 17.7 Å². The second-order valence-corrected chi connectivity index (χ2v) is 9.18. The van der Waals surface area contributed by atoms with Gasteiger partial charge in [0.2, 0.25) is 17.6 Å². The Morgan fingerprint density at radius 2 is 1.70 bits per heavy atom. The molecule has 10 heteroatoms. The van der Waals surface area contributed by atoms with Gasteiger partial charge in [0.25, 0.3) is 10.0 Å². The number of sulfonamides is 1. The fourth-order valence-corrected chi connectivity index (χ4v) is 4.23. The Labute approximate surface area is 195 Å². The Morgan fingerprint density at radius 1 is 0.939 bits per heavy atom. The number of hydrogen-bond donors (Lipinski definition) is 2. The lowest BCUT2D eigenvalue weighted by Crippen LogP contribution is -2.14. The van der Waals surface area contributed by atoms with Crippen LogP contribution in [0, 0.1) is 0 Å². The molecule has 0 radical (unpaired) electrons. The van der Waals surface area contributed by atoms with E-state index in [-0.39, 0.29) is 23.6 Å². The van der Waals surface area contributed by atoms with Crippen LogP contribution in [-0.2, 0) is 21.2 Å². The largest absolute Gasteiger partial charge is 0.339 e. The van der Waals surface area contributed by atoms with E-state index in [9.17, 15) is 13.2 Å². The molecular weight excluding hydrogens is 464 g/mol. The molecule has 0 unspecified atom stereocenters. The number of anilines is 2. The highest BCUT2D eigenvalue weighted by Crippen LogP contribution is 2.21. The Kier molecular flexibility index (Phi) is 6.71. The number of rotatable bonds is 8. The molecule has 0 saturated heterocycles. The summed E-state index contributed by atoms with van der Waals surface area (Å²) >= 11 is 5.89. The summed E-state index contributed by atoms with van der Waals surface area (Å²) < 4.78 is 32.8. The normalized spacial score (nSPS) is 11.2. The highest BCUT2D eigenvalue weighted by Gasteiger charge is 2.15. The van der Waals surface area contributed by atoms with Crippen molar-refractivity contribution in [2.75, 3.05) is 10.0 Å². The van der Waals surface area contributed by atoms with Gasteiger partial charge in [0, 0.05) is 29.1 Å². The average Bonchev–Trinajstić information content (AvgIpc) is 3.28. The van der Waals surface area contributed by atoms with Crippen LogP contribution in [0.2, 0.25) is 5.02 Å². The van der Waals surface area contributed by atoms with Crippen molar-refractivity contribution < 1.29 is 17.7 Å². The molecule has 1 heterocycles. The average molecular weight is 483 g/mol. The Bertz CT molecular complexity index is 1360. The van der Waals surface area contributed by atoms with E-state index in [1.807, 2.05) is 30.3 Å². The van der Waals surface area contributed by atoms with E-state index in [0.717, 1.165) is 5.56 Å². The third-order valence-electron chi connectivity index (χ3n) is 4.59. The minimum absolute atomic E-state index is 0.0553. The van der Waals surface area contributed by atoms with Gasteiger partial charge in [0.1, 0.15) is 0 Å². The van der Waals surface area contributed by atoms with Gasteiger partial charge in [-0.05, 0) is 42.5 Å². The third-order valence-corrected chi connectivity index (χ3v) is 6.22. The van der Waals surface area contributed by atoms with Gasteiger partial charge in [-0.25, -0.2) is 8.42 Å². The predicted octanol–water partition coefficient (Wildman–Crippen LogP) is 4.76. The summed E-state index contributed by atoms with van der Waals surface area (Å²) in [5.41, 5.74) is 1.66. The molecule has 2 N–H and O–H groups in total. The fraction of sp³-hybridized carbons (Fsp3) is 0.0870. The van der Waals surface area contributed by atoms with Crippen molar-refractivity contribution in [1.82, 2.24) is 10.1 Å². The number of nitrogens with one attached hydrogen (secondary N) is 2. The van der Waals surface area contributed by atoms with E-state index in [4.69, 9.17) is 16.1 Å². The molecule has 33 heavy (non-hydrogen) atoms. The van der Waals surface area contributed by atoms with Crippen molar-refractivity contribution >= 4 is 38.9 Å². The first-order valence-electron chi connectivity index (χ1n) is 9.95. The number of aromatic nitrogens is 2. The number of aryl methyl sites for hydroxylation is 1. The predicted molar refractivity (Wildman–Crippen MR) is 125 cm³/mol. The van der Waals surface area contributed by atoms with Crippen molar-refractivity contribution in [2.24, 2.45) is 0 Å². The summed E-state index contributed by atoms with van der Waals surface area (Å²) in [6.07, 6.45) is 0.411. The van der Waals surface area contributed by atoms with Crippen molar-refractivity contribution in [3.05, 3.63) is 89.8 Å². The van der Waals surface area contributed by atoms with E-state index in [1.165, 1.54) is 30.3 Å². The number of nitrogens with zero attached hydrogens (tertiary/aromatic N) is 2. The van der Waals surface area contributed by atoms with Crippen LogP contribution >= 0.6 is 11.6 Å². The first-order valence-corrected chi connectivity index (χ1v) is 11.8. The van der Waals surface area contributed by atoms with Gasteiger partial charge >= 0.3 is 0 Å². The van der Waals surface area contributed by atoms with E-state index in [1.54, 1.807) is 18.2 Å². The number of carbonyl (C=O) groups excluding carboxylic acids is 1. The quantitative estimate of drug-likeness (QED) is 0.374. The second-order valence-electron chi connectivity index (χ2n) is 7.07. The van der Waals surface area contributed by atoms with Gasteiger partial charge in [-0.3, -0.25) is 9.52 Å². The number of hydrogen-bond acceptors (Lipinski definition) is 6. The highest BCUT2D eigenvalue weighted by atomic mass is 35.5. The summed E-state index contributed by atoms with van der Waals surface area (Å²) in [6, 6.07) is 21.7. The maximum Gasteiger partial charge on any atom is 0.261 e. The van der Waals surface area contributed by atoms with Gasteiger partial charge < -0.3 is 9.84 Å². The number of benzene rings is 3. The smallest absolute Gasteiger partial charge is 0.261 e. The molecule has 4 aromatic rings. The van der Waals surface area contributed by atoms with Gasteiger partial charge in [0.15, 0.2) is 0 Å². The zero-order valence-electron chi connectivity index (χ0n) is 17.2. The fourth-order valence-electron chi connectivity index (χ4n) is 2.99. The van der Waals surface area contributed by atoms with Crippen LogP contribution in [-0.4, -0.2) is 24.5 Å². The van der Waals surface area contributed by atoms with Gasteiger partial charge in [-0.15, -0.1) is 0 Å². The maximum atomic E-state index is 12.5. The molecule has 0 aliphatic carbocycles. The topological polar surface area (TPSA) is 114 Å². The minimum Gasteiger partial charge on any atom is -0.339 e. The Hall–Kier alpha value is -3.69. The van der Waals surface area contributed by atoms with E-state index >= 15 is 0 Å². The molecule has 0 bridgehead atoms. The molecule has 1 aromatic heterocycles. The van der Waals surface area contributed by atoms with Crippen LogP contribution in [0.5, 0.6) is 0 Å². The van der Waals surface area contributed by atoms with Gasteiger partial charge in [-0.2, -0.15) is 4.98 Å². The van der Waals surface area contributed by atoms with Crippen LogP contribution in [0.15, 0.2) is 88.3 Å². The third kappa shape index (κ3) is 5.97. The molecule has 0 spiro atoms. The number of amides is 1. The van der Waals surface area contributed by atoms with E-state index in [2.05, 4.69) is 20.2 Å². The lowest BCUT2D eigenvalue weighted by molar-refractivity contribution is -0.116. The molecule has 8 nitrogen and oxygen atoms in total.